The second kappa shape index (κ2) is 6.38. The highest BCUT2D eigenvalue weighted by molar-refractivity contribution is 5.95. The first-order valence-electron chi connectivity index (χ1n) is 7.80. The summed E-state index contributed by atoms with van der Waals surface area (Å²) in [6.45, 7) is 4.50. The molecule has 1 aliphatic heterocycles. The summed E-state index contributed by atoms with van der Waals surface area (Å²) >= 11 is 0. The summed E-state index contributed by atoms with van der Waals surface area (Å²) in [5, 5.41) is 14.9. The molecule has 3 rings (SSSR count). The molecule has 0 saturated carbocycles. The zero-order chi connectivity index (χ0) is 17.3. The molecule has 1 unspecified atom stereocenters. The van der Waals surface area contributed by atoms with Crippen molar-refractivity contribution >= 4 is 11.6 Å². The van der Waals surface area contributed by atoms with E-state index in [1.54, 1.807) is 30.9 Å². The number of amides is 1. The van der Waals surface area contributed by atoms with Gasteiger partial charge in [0.2, 0.25) is 5.89 Å². The van der Waals surface area contributed by atoms with Crippen molar-refractivity contribution in [2.75, 3.05) is 13.1 Å². The summed E-state index contributed by atoms with van der Waals surface area (Å²) in [7, 11) is 0. The Morgan fingerprint density at radius 1 is 1.42 bits per heavy atom. The van der Waals surface area contributed by atoms with Gasteiger partial charge in [-0.3, -0.25) is 14.9 Å². The number of piperidine rings is 1. The fraction of sp³-hybridized carbons (Fsp3) is 0.438. The van der Waals surface area contributed by atoms with E-state index in [0.29, 0.717) is 35.9 Å². The van der Waals surface area contributed by atoms with Crippen LogP contribution < -0.4 is 0 Å². The van der Waals surface area contributed by atoms with Gasteiger partial charge in [0, 0.05) is 30.3 Å². The smallest absolute Gasteiger partial charge is 0.273 e. The Morgan fingerprint density at radius 3 is 2.88 bits per heavy atom. The number of carbonyl (C=O) groups is 1. The zero-order valence-corrected chi connectivity index (χ0v) is 13.6. The van der Waals surface area contributed by atoms with Crippen LogP contribution in [0.3, 0.4) is 0 Å². The number of likely N-dealkylation sites (tertiary alicyclic amines) is 1. The van der Waals surface area contributed by atoms with Crippen LogP contribution in [0.1, 0.15) is 46.4 Å². The van der Waals surface area contributed by atoms with Crippen LogP contribution in [-0.4, -0.2) is 39.0 Å². The third-order valence-corrected chi connectivity index (χ3v) is 4.25. The average molecular weight is 330 g/mol. The van der Waals surface area contributed by atoms with Crippen LogP contribution in [0.2, 0.25) is 0 Å². The molecular weight excluding hydrogens is 312 g/mol. The minimum absolute atomic E-state index is 0.00401. The van der Waals surface area contributed by atoms with Crippen molar-refractivity contribution < 1.29 is 14.2 Å². The molecule has 1 aliphatic rings. The normalized spacial score (nSPS) is 17.8. The Hall–Kier alpha value is -2.77. The number of nitrogens with zero attached hydrogens (tertiary/aromatic N) is 4. The van der Waals surface area contributed by atoms with Crippen molar-refractivity contribution in [2.45, 2.75) is 32.6 Å². The molecule has 1 aromatic carbocycles. The molecule has 1 saturated heterocycles. The number of nitro groups is 1. The molecule has 2 heterocycles. The summed E-state index contributed by atoms with van der Waals surface area (Å²) in [6.07, 6.45) is 1.70. The van der Waals surface area contributed by atoms with E-state index in [9.17, 15) is 14.9 Å². The molecule has 1 atom stereocenters. The van der Waals surface area contributed by atoms with E-state index in [1.165, 1.54) is 6.07 Å². The van der Waals surface area contributed by atoms with Crippen molar-refractivity contribution in [1.29, 1.82) is 0 Å². The Morgan fingerprint density at radius 2 is 2.21 bits per heavy atom. The van der Waals surface area contributed by atoms with Gasteiger partial charge in [0.1, 0.15) is 0 Å². The number of aromatic nitrogens is 2. The predicted octanol–water partition coefficient (Wildman–Crippen LogP) is 2.61. The van der Waals surface area contributed by atoms with E-state index in [0.717, 1.165) is 12.8 Å². The van der Waals surface area contributed by atoms with Gasteiger partial charge in [0.15, 0.2) is 5.82 Å². The Labute approximate surface area is 138 Å². The van der Waals surface area contributed by atoms with Gasteiger partial charge in [-0.1, -0.05) is 11.2 Å². The van der Waals surface area contributed by atoms with Gasteiger partial charge < -0.3 is 9.42 Å². The minimum Gasteiger partial charge on any atom is -0.339 e. The molecule has 0 aliphatic carbocycles. The predicted molar refractivity (Wildman–Crippen MR) is 84.7 cm³/mol. The maximum Gasteiger partial charge on any atom is 0.273 e. The molecule has 1 aromatic heterocycles. The summed E-state index contributed by atoms with van der Waals surface area (Å²) in [6, 6.07) is 4.58. The second-order valence-corrected chi connectivity index (χ2v) is 6.03. The SMILES string of the molecule is Cc1noc(C2CCCN(C(=O)c3ccc(C)c([N+](=O)[O-])c3)C2)n1. The van der Waals surface area contributed by atoms with Crippen molar-refractivity contribution in [2.24, 2.45) is 0 Å². The lowest BCUT2D eigenvalue weighted by Crippen LogP contribution is -2.39. The van der Waals surface area contributed by atoms with Gasteiger partial charge in [0.25, 0.3) is 11.6 Å². The topological polar surface area (TPSA) is 102 Å². The van der Waals surface area contributed by atoms with Gasteiger partial charge >= 0.3 is 0 Å². The van der Waals surface area contributed by atoms with Crippen molar-refractivity contribution in [3.63, 3.8) is 0 Å². The highest BCUT2D eigenvalue weighted by atomic mass is 16.6. The van der Waals surface area contributed by atoms with Crippen LogP contribution in [0.25, 0.3) is 0 Å². The van der Waals surface area contributed by atoms with E-state index in [1.807, 2.05) is 0 Å². The fourth-order valence-electron chi connectivity index (χ4n) is 2.96. The van der Waals surface area contributed by atoms with E-state index in [-0.39, 0.29) is 17.5 Å². The van der Waals surface area contributed by atoms with Crippen LogP contribution in [0.5, 0.6) is 0 Å². The molecule has 1 amide bonds. The maximum absolute atomic E-state index is 12.7. The first kappa shape index (κ1) is 16.1. The van der Waals surface area contributed by atoms with Crippen molar-refractivity contribution in [1.82, 2.24) is 15.0 Å². The first-order valence-corrected chi connectivity index (χ1v) is 7.80. The summed E-state index contributed by atoms with van der Waals surface area (Å²) < 4.78 is 5.22. The molecule has 2 aromatic rings. The number of nitro benzene ring substituents is 1. The standard InChI is InChI=1S/C16H18N4O4/c1-10-5-6-12(8-14(10)20(22)23)16(21)19-7-3-4-13(9-19)15-17-11(2)18-24-15/h5-6,8,13H,3-4,7,9H2,1-2H3. The quantitative estimate of drug-likeness (QED) is 0.633. The van der Waals surface area contributed by atoms with Crippen molar-refractivity contribution in [3.05, 3.63) is 51.2 Å². The van der Waals surface area contributed by atoms with Crippen LogP contribution in [0.4, 0.5) is 5.69 Å². The first-order chi connectivity index (χ1) is 11.5. The average Bonchev–Trinajstić information content (AvgIpc) is 3.01. The summed E-state index contributed by atoms with van der Waals surface area (Å²) in [4.78, 5) is 29.2. The van der Waals surface area contributed by atoms with Crippen LogP contribution >= 0.6 is 0 Å². The lowest BCUT2D eigenvalue weighted by molar-refractivity contribution is -0.385. The lowest BCUT2D eigenvalue weighted by Gasteiger charge is -2.31. The number of hydrogen-bond acceptors (Lipinski definition) is 6. The van der Waals surface area contributed by atoms with Gasteiger partial charge in [-0.25, -0.2) is 0 Å². The van der Waals surface area contributed by atoms with Gasteiger partial charge in [0.05, 0.1) is 10.8 Å². The molecule has 1 fully saturated rings. The number of carbonyl (C=O) groups excluding carboxylic acids is 1. The number of hydrogen-bond donors (Lipinski definition) is 0. The highest BCUT2D eigenvalue weighted by Gasteiger charge is 2.29. The van der Waals surface area contributed by atoms with E-state index in [2.05, 4.69) is 10.1 Å². The lowest BCUT2D eigenvalue weighted by atomic mass is 9.97. The minimum atomic E-state index is -0.466. The fourth-order valence-corrected chi connectivity index (χ4v) is 2.96. The Bertz CT molecular complexity index is 786. The number of aryl methyl sites for hydroxylation is 2. The summed E-state index contributed by atoms with van der Waals surface area (Å²) in [5.74, 6) is 0.908. The van der Waals surface area contributed by atoms with Gasteiger partial charge in [-0.05, 0) is 32.8 Å². The molecule has 126 valence electrons. The maximum atomic E-state index is 12.7. The molecule has 0 radical (unpaired) electrons. The molecule has 8 heteroatoms. The number of rotatable bonds is 3. The van der Waals surface area contributed by atoms with Crippen LogP contribution in [0.15, 0.2) is 22.7 Å². The van der Waals surface area contributed by atoms with Crippen molar-refractivity contribution in [3.8, 4) is 0 Å². The second-order valence-electron chi connectivity index (χ2n) is 6.03. The van der Waals surface area contributed by atoms with E-state index < -0.39 is 4.92 Å². The van der Waals surface area contributed by atoms with Crippen LogP contribution in [-0.2, 0) is 0 Å². The number of benzene rings is 1. The third-order valence-electron chi connectivity index (χ3n) is 4.25. The Balaban J connectivity index is 1.79. The molecule has 0 spiro atoms. The third kappa shape index (κ3) is 3.12. The molecule has 8 nitrogen and oxygen atoms in total. The monoisotopic (exact) mass is 330 g/mol. The molecule has 0 N–H and O–H groups in total. The zero-order valence-electron chi connectivity index (χ0n) is 13.6. The summed E-state index contributed by atoms with van der Waals surface area (Å²) in [5.41, 5.74) is 0.825. The van der Waals surface area contributed by atoms with Gasteiger partial charge in [-0.15, -0.1) is 0 Å². The van der Waals surface area contributed by atoms with E-state index in [4.69, 9.17) is 4.52 Å². The molecule has 24 heavy (non-hydrogen) atoms. The Kier molecular flexibility index (Phi) is 4.28. The van der Waals surface area contributed by atoms with Crippen LogP contribution in [0, 0.1) is 24.0 Å². The van der Waals surface area contributed by atoms with E-state index >= 15 is 0 Å². The highest BCUT2D eigenvalue weighted by Crippen LogP contribution is 2.27. The molecule has 0 bridgehead atoms. The largest absolute Gasteiger partial charge is 0.339 e. The van der Waals surface area contributed by atoms with Gasteiger partial charge in [-0.2, -0.15) is 4.98 Å². The molecular formula is C16H18N4O4.